The van der Waals surface area contributed by atoms with Gasteiger partial charge >= 0.3 is 5.69 Å². The van der Waals surface area contributed by atoms with Gasteiger partial charge in [0.1, 0.15) is 16.6 Å². The highest BCUT2D eigenvalue weighted by Gasteiger charge is 2.24. The molecule has 0 spiro atoms. The number of nitro benzene ring substituents is 1. The first-order valence-corrected chi connectivity index (χ1v) is 13.6. The van der Waals surface area contributed by atoms with Crippen molar-refractivity contribution in [1.82, 2.24) is 9.97 Å². The minimum absolute atomic E-state index is 0.0257. The highest BCUT2D eigenvalue weighted by Crippen LogP contribution is 2.37. The van der Waals surface area contributed by atoms with Crippen molar-refractivity contribution < 1.29 is 9.66 Å². The van der Waals surface area contributed by atoms with Crippen molar-refractivity contribution in [2.24, 2.45) is 5.92 Å². The van der Waals surface area contributed by atoms with Crippen LogP contribution in [0.2, 0.25) is 0 Å². The number of thiophene rings is 1. The first-order valence-electron chi connectivity index (χ1n) is 12.8. The normalized spacial score (nSPS) is 15.6. The van der Waals surface area contributed by atoms with Crippen LogP contribution in [0.25, 0.3) is 21.9 Å². The van der Waals surface area contributed by atoms with Gasteiger partial charge in [-0.1, -0.05) is 45.9 Å². The average Bonchev–Trinajstić information content (AvgIpc) is 3.25. The van der Waals surface area contributed by atoms with E-state index in [1.165, 1.54) is 34.4 Å². The molecule has 0 saturated carbocycles. The Hall–Kier alpha value is -4.29. The first kappa shape index (κ1) is 26.3. The number of nitrogens with zero attached hydrogens (tertiary/aromatic N) is 3. The quantitative estimate of drug-likeness (QED) is 0.163. The van der Waals surface area contributed by atoms with E-state index in [-0.39, 0.29) is 33.8 Å². The van der Waals surface area contributed by atoms with Crippen LogP contribution in [0.3, 0.4) is 0 Å². The van der Waals surface area contributed by atoms with Crippen molar-refractivity contribution in [1.29, 1.82) is 5.26 Å². The number of rotatable bonds is 5. The fourth-order valence-electron chi connectivity index (χ4n) is 4.80. The Labute approximate surface area is 229 Å². The number of aryl methyl sites for hydroxylation is 1. The van der Waals surface area contributed by atoms with Crippen molar-refractivity contribution >= 4 is 38.9 Å². The van der Waals surface area contributed by atoms with E-state index in [1.807, 2.05) is 12.1 Å². The second kappa shape index (κ2) is 10.1. The summed E-state index contributed by atoms with van der Waals surface area (Å²) in [5.74, 6) is 1.27. The molecule has 0 fully saturated rings. The molecule has 1 atom stereocenters. The molecule has 5 rings (SSSR count). The number of nitro groups is 1. The molecule has 39 heavy (non-hydrogen) atoms. The van der Waals surface area contributed by atoms with Crippen molar-refractivity contribution in [2.45, 2.75) is 52.4 Å². The fraction of sp³-hybridized carbons (Fsp3) is 0.300. The summed E-state index contributed by atoms with van der Waals surface area (Å²) in [6.45, 7) is 8.51. The molecule has 8 nitrogen and oxygen atoms in total. The molecule has 2 aromatic carbocycles. The summed E-state index contributed by atoms with van der Waals surface area (Å²) in [5.41, 5.74) is 2.17. The van der Waals surface area contributed by atoms with Crippen molar-refractivity contribution in [2.75, 3.05) is 0 Å². The van der Waals surface area contributed by atoms with E-state index in [0.29, 0.717) is 27.4 Å². The standard InChI is InChI=1S/C30H28N4O4S/c1-17-5-11-22-25(13-17)39-29-26(22)28(35)32-27(33-29)19(16-31)14-18-6-12-24(23(15-18)34(36)37)38-21-9-7-20(8-10-21)30(2,3)4/h6-10,12,14-15,17H,5,11,13H2,1-4H3,(H,32,33,35)/b19-14-/t17-/m0/s1. The highest BCUT2D eigenvalue weighted by atomic mass is 32.1. The van der Waals surface area contributed by atoms with Crippen LogP contribution in [-0.4, -0.2) is 14.9 Å². The van der Waals surface area contributed by atoms with Gasteiger partial charge in [-0.15, -0.1) is 11.3 Å². The molecule has 0 radical (unpaired) electrons. The van der Waals surface area contributed by atoms with Crippen LogP contribution in [-0.2, 0) is 18.3 Å². The molecule has 1 aliphatic rings. The second-order valence-electron chi connectivity index (χ2n) is 11.0. The van der Waals surface area contributed by atoms with Gasteiger partial charge in [-0.3, -0.25) is 14.9 Å². The van der Waals surface area contributed by atoms with E-state index < -0.39 is 4.92 Å². The van der Waals surface area contributed by atoms with E-state index in [4.69, 9.17) is 4.74 Å². The molecule has 9 heteroatoms. The summed E-state index contributed by atoms with van der Waals surface area (Å²) in [5, 5.41) is 22.3. The molecule has 1 N–H and O–H groups in total. The molecular weight excluding hydrogens is 512 g/mol. The van der Waals surface area contributed by atoms with Gasteiger partial charge < -0.3 is 9.72 Å². The molecule has 0 unspecified atom stereocenters. The Morgan fingerprint density at radius 3 is 2.67 bits per heavy atom. The third kappa shape index (κ3) is 5.33. The molecule has 198 valence electrons. The van der Waals surface area contributed by atoms with Gasteiger partial charge in [-0.2, -0.15) is 5.26 Å². The van der Waals surface area contributed by atoms with Gasteiger partial charge in [0.05, 0.1) is 15.9 Å². The predicted molar refractivity (Wildman–Crippen MR) is 153 cm³/mol. The van der Waals surface area contributed by atoms with Crippen molar-refractivity contribution in [3.63, 3.8) is 0 Å². The molecule has 2 heterocycles. The molecule has 2 aromatic heterocycles. The lowest BCUT2D eigenvalue weighted by Gasteiger charge is -2.19. The van der Waals surface area contributed by atoms with E-state index in [9.17, 15) is 20.2 Å². The number of fused-ring (bicyclic) bond motifs is 3. The van der Waals surface area contributed by atoms with Crippen LogP contribution < -0.4 is 10.3 Å². The summed E-state index contributed by atoms with van der Waals surface area (Å²) >= 11 is 1.50. The average molecular weight is 541 g/mol. The predicted octanol–water partition coefficient (Wildman–Crippen LogP) is 7.17. The van der Waals surface area contributed by atoms with Crippen LogP contribution in [0.5, 0.6) is 11.5 Å². The number of nitrogens with one attached hydrogen (secondary N) is 1. The minimum atomic E-state index is -0.522. The van der Waals surface area contributed by atoms with E-state index in [1.54, 1.807) is 18.2 Å². The summed E-state index contributed by atoms with van der Waals surface area (Å²) in [4.78, 5) is 33.5. The van der Waals surface area contributed by atoms with Gasteiger partial charge in [0.25, 0.3) is 5.56 Å². The number of H-pyrrole nitrogens is 1. The molecule has 1 aliphatic carbocycles. The lowest BCUT2D eigenvalue weighted by molar-refractivity contribution is -0.385. The summed E-state index contributed by atoms with van der Waals surface area (Å²) < 4.78 is 5.83. The van der Waals surface area contributed by atoms with E-state index >= 15 is 0 Å². The zero-order valence-electron chi connectivity index (χ0n) is 22.2. The number of ether oxygens (including phenoxy) is 1. The smallest absolute Gasteiger partial charge is 0.312 e. The van der Waals surface area contributed by atoms with Gasteiger partial charge in [0, 0.05) is 10.9 Å². The van der Waals surface area contributed by atoms with Gasteiger partial charge in [0.2, 0.25) is 5.75 Å². The molecular formula is C30H28N4O4S. The Morgan fingerprint density at radius 2 is 2.00 bits per heavy atom. The Bertz CT molecular complexity index is 1720. The second-order valence-corrected chi connectivity index (χ2v) is 12.1. The topological polar surface area (TPSA) is 122 Å². The van der Waals surface area contributed by atoms with Gasteiger partial charge in [-0.05, 0) is 71.6 Å². The zero-order chi connectivity index (χ0) is 27.9. The van der Waals surface area contributed by atoms with Crippen molar-refractivity contribution in [3.05, 3.63) is 90.3 Å². The SMILES string of the molecule is C[C@H]1CCc2c(sc3nc(/C(C#N)=C\c4ccc(Oc5ccc(C(C)(C)C)cc5)c([N+](=O)[O-])c4)[nH]c(=O)c23)C1. The summed E-state index contributed by atoms with van der Waals surface area (Å²) in [6, 6.07) is 14.0. The first-order chi connectivity index (χ1) is 18.5. The van der Waals surface area contributed by atoms with Gasteiger partial charge in [-0.25, -0.2) is 4.98 Å². The number of hydrogen-bond donors (Lipinski definition) is 1. The Morgan fingerprint density at radius 1 is 1.26 bits per heavy atom. The van der Waals surface area contributed by atoms with Crippen LogP contribution in [0.4, 0.5) is 5.69 Å². The van der Waals surface area contributed by atoms with Gasteiger partial charge in [0.15, 0.2) is 5.82 Å². The van der Waals surface area contributed by atoms with Crippen molar-refractivity contribution in [3.8, 4) is 17.6 Å². The number of aromatic nitrogens is 2. The lowest BCUT2D eigenvalue weighted by Crippen LogP contribution is -2.14. The Balaban J connectivity index is 1.47. The van der Waals surface area contributed by atoms with E-state index in [2.05, 4.69) is 43.7 Å². The third-order valence-corrected chi connectivity index (χ3v) is 8.13. The maximum absolute atomic E-state index is 13.0. The monoisotopic (exact) mass is 540 g/mol. The number of benzene rings is 2. The summed E-state index contributed by atoms with van der Waals surface area (Å²) in [7, 11) is 0. The maximum Gasteiger partial charge on any atom is 0.312 e. The Kier molecular flexibility index (Phi) is 6.83. The molecule has 0 bridgehead atoms. The van der Waals surface area contributed by atoms with Crippen LogP contribution in [0.1, 0.15) is 61.5 Å². The maximum atomic E-state index is 13.0. The molecule has 4 aromatic rings. The third-order valence-electron chi connectivity index (χ3n) is 6.98. The van der Waals surface area contributed by atoms with Crippen LogP contribution in [0.15, 0.2) is 47.3 Å². The lowest BCUT2D eigenvalue weighted by atomic mass is 9.87. The molecule has 0 amide bonds. The van der Waals surface area contributed by atoms with Crippen LogP contribution in [0, 0.1) is 27.4 Å². The van der Waals surface area contributed by atoms with Crippen LogP contribution >= 0.6 is 11.3 Å². The minimum Gasteiger partial charge on any atom is -0.450 e. The number of aromatic amines is 1. The zero-order valence-corrected chi connectivity index (χ0v) is 23.0. The summed E-state index contributed by atoms with van der Waals surface area (Å²) in [6.07, 6.45) is 4.28. The highest BCUT2D eigenvalue weighted by molar-refractivity contribution is 7.18. The molecule has 0 saturated heterocycles. The van der Waals surface area contributed by atoms with E-state index in [0.717, 1.165) is 30.4 Å². The fourth-order valence-corrected chi connectivity index (χ4v) is 6.18. The number of hydrogen-bond acceptors (Lipinski definition) is 7. The number of nitriles is 1. The molecule has 0 aliphatic heterocycles. The largest absolute Gasteiger partial charge is 0.450 e. The number of allylic oxidation sites excluding steroid dienone is 1.